The molecule has 4 saturated heterocycles. The predicted octanol–water partition coefficient (Wildman–Crippen LogP) is 3.63. The van der Waals surface area contributed by atoms with Crippen LogP contribution in [0.2, 0.25) is 0 Å². The summed E-state index contributed by atoms with van der Waals surface area (Å²) in [4.78, 5) is 11.7. The van der Waals surface area contributed by atoms with Gasteiger partial charge in [-0.25, -0.2) is 0 Å². The molecule has 0 aromatic heterocycles. The van der Waals surface area contributed by atoms with Crippen molar-refractivity contribution >= 4 is 5.97 Å². The van der Waals surface area contributed by atoms with Crippen molar-refractivity contribution in [3.8, 4) is 0 Å². The Morgan fingerprint density at radius 1 is 1.00 bits per heavy atom. The summed E-state index contributed by atoms with van der Waals surface area (Å²) in [5, 5.41) is 0. The summed E-state index contributed by atoms with van der Waals surface area (Å²) in [6.07, 6.45) is 7.18. The number of ether oxygens (including phenoxy) is 4. The lowest BCUT2D eigenvalue weighted by molar-refractivity contribution is -0.141. The van der Waals surface area contributed by atoms with E-state index >= 15 is 0 Å². The van der Waals surface area contributed by atoms with Crippen molar-refractivity contribution in [2.75, 3.05) is 6.61 Å². The fourth-order valence-corrected chi connectivity index (χ4v) is 5.19. The zero-order chi connectivity index (χ0) is 18.7. The van der Waals surface area contributed by atoms with Gasteiger partial charge < -0.3 is 18.9 Å². The van der Waals surface area contributed by atoms with E-state index in [1.54, 1.807) is 0 Å². The van der Waals surface area contributed by atoms with Crippen LogP contribution in [0.4, 0.5) is 0 Å². The Morgan fingerprint density at radius 3 is 2.38 bits per heavy atom. The highest BCUT2D eigenvalue weighted by Crippen LogP contribution is 2.57. The van der Waals surface area contributed by atoms with E-state index in [4.69, 9.17) is 18.9 Å². The quantitative estimate of drug-likeness (QED) is 0.530. The number of rotatable bonds is 6. The molecule has 7 unspecified atom stereocenters. The molecule has 4 heterocycles. The number of hydrogen-bond acceptors (Lipinski definition) is 5. The number of fused-ring (bicyclic) bond motifs is 2. The molecule has 26 heavy (non-hydrogen) atoms. The van der Waals surface area contributed by atoms with Crippen LogP contribution < -0.4 is 0 Å². The fraction of sp³-hybridized carbons (Fsp3) is 0.952. The third-order valence-electron chi connectivity index (χ3n) is 7.23. The molecule has 0 aromatic rings. The summed E-state index contributed by atoms with van der Waals surface area (Å²) in [6.45, 7) is 11.1. The van der Waals surface area contributed by atoms with Crippen molar-refractivity contribution in [3.63, 3.8) is 0 Å². The van der Waals surface area contributed by atoms with Crippen molar-refractivity contribution in [2.24, 2.45) is 11.8 Å². The van der Waals surface area contributed by atoms with Crippen LogP contribution >= 0.6 is 0 Å². The first-order valence-corrected chi connectivity index (χ1v) is 10.5. The van der Waals surface area contributed by atoms with Gasteiger partial charge in [0, 0.05) is 5.92 Å². The van der Waals surface area contributed by atoms with Gasteiger partial charge in [-0.3, -0.25) is 4.79 Å². The van der Waals surface area contributed by atoms with Crippen LogP contribution in [0.15, 0.2) is 0 Å². The lowest BCUT2D eigenvalue weighted by Gasteiger charge is -2.24. The normalized spacial score (nSPS) is 49.3. The summed E-state index contributed by atoms with van der Waals surface area (Å²) in [5.74, 6) is 0.458. The summed E-state index contributed by atoms with van der Waals surface area (Å²) in [6, 6.07) is 0. The molecule has 5 aliphatic rings. The molecule has 1 saturated carbocycles. The van der Waals surface area contributed by atoms with Crippen molar-refractivity contribution in [1.82, 2.24) is 0 Å². The van der Waals surface area contributed by atoms with E-state index in [1.807, 2.05) is 13.8 Å². The number of carbonyl (C=O) groups is 1. The molecule has 7 atom stereocenters. The molecular formula is C21H34O5. The van der Waals surface area contributed by atoms with Gasteiger partial charge in [-0.05, 0) is 59.3 Å². The maximum atomic E-state index is 11.7. The Hall–Kier alpha value is -0.650. The molecule has 0 spiro atoms. The summed E-state index contributed by atoms with van der Waals surface area (Å²) in [7, 11) is 0. The SMILES string of the molecule is CC.CC1(C)OC1CCC1(C)OC1CCC12CC3COC(=O)C3CC1O2. The zero-order valence-electron chi connectivity index (χ0n) is 16.9. The average Bonchev–Trinajstić information content (AvgIpc) is 3.53. The van der Waals surface area contributed by atoms with Gasteiger partial charge >= 0.3 is 5.97 Å². The molecule has 0 bridgehead atoms. The maximum absolute atomic E-state index is 11.7. The molecule has 0 amide bonds. The van der Waals surface area contributed by atoms with Crippen LogP contribution in [0.5, 0.6) is 0 Å². The van der Waals surface area contributed by atoms with E-state index in [1.165, 1.54) is 0 Å². The second-order valence-electron chi connectivity index (χ2n) is 9.31. The van der Waals surface area contributed by atoms with E-state index in [0.717, 1.165) is 38.5 Å². The molecule has 5 rings (SSSR count). The molecule has 4 aliphatic heterocycles. The molecule has 1 aliphatic carbocycles. The van der Waals surface area contributed by atoms with Gasteiger partial charge in [0.1, 0.15) is 0 Å². The smallest absolute Gasteiger partial charge is 0.309 e. The third kappa shape index (κ3) is 3.20. The average molecular weight is 366 g/mol. The van der Waals surface area contributed by atoms with Gasteiger partial charge in [-0.15, -0.1) is 0 Å². The Morgan fingerprint density at radius 2 is 1.69 bits per heavy atom. The zero-order valence-corrected chi connectivity index (χ0v) is 16.9. The number of epoxide rings is 3. The fourth-order valence-electron chi connectivity index (χ4n) is 5.19. The number of carbonyl (C=O) groups excluding carboxylic acids is 1. The van der Waals surface area contributed by atoms with Gasteiger partial charge in [-0.2, -0.15) is 0 Å². The highest BCUT2D eigenvalue weighted by atomic mass is 16.6. The highest BCUT2D eigenvalue weighted by molar-refractivity contribution is 5.75. The Bertz CT molecular complexity index is 575. The van der Waals surface area contributed by atoms with Crippen LogP contribution in [0.3, 0.4) is 0 Å². The standard InChI is InChI=1S/C19H28O5.C2H6/c1-17(2)13(22-17)4-6-18(3)14(23-18)5-7-19-9-11-10-21-16(20)12(11)8-15(19)24-19;1-2/h11-15H,4-10H2,1-3H3;1-2H3. The summed E-state index contributed by atoms with van der Waals surface area (Å²) < 4.78 is 23.0. The first-order valence-electron chi connectivity index (χ1n) is 10.5. The minimum Gasteiger partial charge on any atom is -0.465 e. The predicted molar refractivity (Wildman–Crippen MR) is 96.8 cm³/mol. The van der Waals surface area contributed by atoms with Crippen molar-refractivity contribution < 1.29 is 23.7 Å². The summed E-state index contributed by atoms with van der Waals surface area (Å²) >= 11 is 0. The van der Waals surface area contributed by atoms with Crippen LogP contribution in [-0.2, 0) is 23.7 Å². The third-order valence-corrected chi connectivity index (χ3v) is 7.23. The molecule has 5 fully saturated rings. The van der Waals surface area contributed by atoms with Gasteiger partial charge in [0.25, 0.3) is 0 Å². The van der Waals surface area contributed by atoms with E-state index in [-0.39, 0.29) is 34.8 Å². The second-order valence-corrected chi connectivity index (χ2v) is 9.31. The molecular weight excluding hydrogens is 332 g/mol. The Labute approximate surface area is 157 Å². The van der Waals surface area contributed by atoms with Crippen molar-refractivity contribution in [1.29, 1.82) is 0 Å². The molecule has 0 N–H and O–H groups in total. The van der Waals surface area contributed by atoms with Crippen LogP contribution in [0, 0.1) is 11.8 Å². The molecule has 0 radical (unpaired) electrons. The van der Waals surface area contributed by atoms with Crippen molar-refractivity contribution in [2.45, 2.75) is 108 Å². The Balaban J connectivity index is 0.000000814. The molecule has 5 heteroatoms. The number of esters is 1. The Kier molecular flexibility index (Phi) is 4.44. The van der Waals surface area contributed by atoms with Gasteiger partial charge in [0.2, 0.25) is 0 Å². The van der Waals surface area contributed by atoms with Gasteiger partial charge in [-0.1, -0.05) is 13.8 Å². The maximum Gasteiger partial charge on any atom is 0.309 e. The number of cyclic esters (lactones) is 1. The first-order chi connectivity index (χ1) is 12.3. The lowest BCUT2D eigenvalue weighted by Crippen LogP contribution is -2.32. The van der Waals surface area contributed by atoms with Crippen LogP contribution in [0.1, 0.15) is 73.1 Å². The minimum absolute atomic E-state index is 0.00702. The van der Waals surface area contributed by atoms with E-state index < -0.39 is 0 Å². The molecule has 5 nitrogen and oxygen atoms in total. The van der Waals surface area contributed by atoms with Crippen molar-refractivity contribution in [3.05, 3.63) is 0 Å². The van der Waals surface area contributed by atoms with Gasteiger partial charge in [0.05, 0.1) is 47.6 Å². The summed E-state index contributed by atoms with van der Waals surface area (Å²) in [5.41, 5.74) is 0.129. The lowest BCUT2D eigenvalue weighted by atomic mass is 9.73. The van der Waals surface area contributed by atoms with E-state index in [0.29, 0.717) is 24.7 Å². The van der Waals surface area contributed by atoms with Gasteiger partial charge in [0.15, 0.2) is 0 Å². The second kappa shape index (κ2) is 6.18. The molecule has 0 aromatic carbocycles. The minimum atomic E-state index is -0.00702. The first kappa shape index (κ1) is 18.7. The largest absolute Gasteiger partial charge is 0.465 e. The van der Waals surface area contributed by atoms with E-state index in [2.05, 4.69) is 20.8 Å². The van der Waals surface area contributed by atoms with Crippen LogP contribution in [0.25, 0.3) is 0 Å². The topological polar surface area (TPSA) is 63.9 Å². The van der Waals surface area contributed by atoms with E-state index in [9.17, 15) is 4.79 Å². The monoisotopic (exact) mass is 366 g/mol. The number of hydrogen-bond donors (Lipinski definition) is 0. The molecule has 148 valence electrons. The van der Waals surface area contributed by atoms with Crippen LogP contribution in [-0.4, -0.2) is 47.7 Å². The highest BCUT2D eigenvalue weighted by Gasteiger charge is 2.65.